The molecule has 2 atom stereocenters. The fraction of sp³-hybridized carbons (Fsp3) is 0.500. The highest BCUT2D eigenvalue weighted by Crippen LogP contribution is 2.20. The zero-order valence-electron chi connectivity index (χ0n) is 10.8. The van der Waals surface area contributed by atoms with Crippen LogP contribution in [0.25, 0.3) is 0 Å². The number of nitrogens with one attached hydrogen (secondary N) is 1. The number of carbonyl (C=O) groups excluding carboxylic acids is 1. The van der Waals surface area contributed by atoms with Crippen molar-refractivity contribution >= 4 is 11.6 Å². The summed E-state index contributed by atoms with van der Waals surface area (Å²) in [5.74, 6) is 0.0431. The summed E-state index contributed by atoms with van der Waals surface area (Å²) in [6.07, 6.45) is 2.23. The van der Waals surface area contributed by atoms with Gasteiger partial charge in [-0.05, 0) is 38.4 Å². The molecule has 1 saturated heterocycles. The molecule has 0 radical (unpaired) electrons. The molecule has 1 heterocycles. The van der Waals surface area contributed by atoms with E-state index in [4.69, 9.17) is 5.73 Å². The van der Waals surface area contributed by atoms with Gasteiger partial charge in [0.15, 0.2) is 0 Å². The highest BCUT2D eigenvalue weighted by molar-refractivity contribution is 5.94. The Morgan fingerprint density at radius 1 is 1.50 bits per heavy atom. The van der Waals surface area contributed by atoms with E-state index in [1.54, 1.807) is 0 Å². The van der Waals surface area contributed by atoms with Gasteiger partial charge in [-0.1, -0.05) is 18.2 Å². The lowest BCUT2D eigenvalue weighted by Crippen LogP contribution is -2.47. The lowest BCUT2D eigenvalue weighted by atomic mass is 10.2. The number of likely N-dealkylation sites (tertiary alicyclic amines) is 1. The smallest absolute Gasteiger partial charge is 0.241 e. The van der Waals surface area contributed by atoms with Gasteiger partial charge in [0.05, 0.1) is 6.04 Å². The van der Waals surface area contributed by atoms with Gasteiger partial charge in [0, 0.05) is 18.3 Å². The Balaban J connectivity index is 1.96. The summed E-state index contributed by atoms with van der Waals surface area (Å²) >= 11 is 0. The van der Waals surface area contributed by atoms with Crippen molar-refractivity contribution in [1.82, 2.24) is 4.90 Å². The molecule has 2 rings (SSSR count). The van der Waals surface area contributed by atoms with E-state index in [2.05, 4.69) is 10.2 Å². The fourth-order valence-corrected chi connectivity index (χ4v) is 2.54. The molecule has 1 aliphatic heterocycles. The number of para-hydroxylation sites is 1. The Kier molecular flexibility index (Phi) is 4.33. The Morgan fingerprint density at radius 3 is 2.89 bits per heavy atom. The van der Waals surface area contributed by atoms with Gasteiger partial charge < -0.3 is 11.1 Å². The second-order valence-electron chi connectivity index (χ2n) is 4.80. The van der Waals surface area contributed by atoms with Crippen molar-refractivity contribution in [1.29, 1.82) is 0 Å². The molecular weight excluding hydrogens is 226 g/mol. The molecule has 1 amide bonds. The van der Waals surface area contributed by atoms with Gasteiger partial charge in [-0.3, -0.25) is 9.69 Å². The van der Waals surface area contributed by atoms with E-state index in [0.717, 1.165) is 25.1 Å². The quantitative estimate of drug-likeness (QED) is 0.846. The molecule has 1 aromatic carbocycles. The van der Waals surface area contributed by atoms with Crippen LogP contribution in [0, 0.1) is 0 Å². The highest BCUT2D eigenvalue weighted by atomic mass is 16.2. The summed E-state index contributed by atoms with van der Waals surface area (Å²) in [6, 6.07) is 9.79. The van der Waals surface area contributed by atoms with Crippen LogP contribution in [-0.4, -0.2) is 36.0 Å². The Hall–Kier alpha value is -1.39. The molecule has 4 nitrogen and oxygen atoms in total. The normalized spacial score (nSPS) is 21.8. The number of hydrogen-bond acceptors (Lipinski definition) is 3. The van der Waals surface area contributed by atoms with Gasteiger partial charge in [-0.15, -0.1) is 0 Å². The van der Waals surface area contributed by atoms with Gasteiger partial charge >= 0.3 is 0 Å². The van der Waals surface area contributed by atoms with Gasteiger partial charge in [0.25, 0.3) is 0 Å². The summed E-state index contributed by atoms with van der Waals surface area (Å²) in [5, 5.41) is 2.94. The first kappa shape index (κ1) is 13.1. The number of amides is 1. The van der Waals surface area contributed by atoms with Crippen LogP contribution >= 0.6 is 0 Å². The summed E-state index contributed by atoms with van der Waals surface area (Å²) in [6.45, 7) is 3.54. The number of hydrogen-bond donors (Lipinski definition) is 2. The summed E-state index contributed by atoms with van der Waals surface area (Å²) in [7, 11) is 0. The number of benzene rings is 1. The van der Waals surface area contributed by atoms with Crippen molar-refractivity contribution < 1.29 is 4.79 Å². The molecule has 1 aromatic rings. The van der Waals surface area contributed by atoms with E-state index >= 15 is 0 Å². The molecule has 18 heavy (non-hydrogen) atoms. The number of rotatable bonds is 4. The molecule has 2 unspecified atom stereocenters. The number of nitrogens with zero attached hydrogens (tertiary/aromatic N) is 1. The van der Waals surface area contributed by atoms with E-state index in [1.807, 2.05) is 37.3 Å². The van der Waals surface area contributed by atoms with Crippen LogP contribution in [-0.2, 0) is 4.79 Å². The van der Waals surface area contributed by atoms with Crippen molar-refractivity contribution in [2.45, 2.75) is 31.8 Å². The first-order chi connectivity index (χ1) is 8.72. The second kappa shape index (κ2) is 5.98. The lowest BCUT2D eigenvalue weighted by molar-refractivity contribution is -0.121. The first-order valence-electron chi connectivity index (χ1n) is 6.54. The lowest BCUT2D eigenvalue weighted by Gasteiger charge is -2.28. The molecule has 98 valence electrons. The van der Waals surface area contributed by atoms with Crippen molar-refractivity contribution in [3.05, 3.63) is 30.3 Å². The topological polar surface area (TPSA) is 58.4 Å². The van der Waals surface area contributed by atoms with Gasteiger partial charge in [-0.25, -0.2) is 0 Å². The molecule has 1 fully saturated rings. The monoisotopic (exact) mass is 247 g/mol. The third-order valence-electron chi connectivity index (χ3n) is 3.61. The van der Waals surface area contributed by atoms with Crippen LogP contribution in [0.15, 0.2) is 30.3 Å². The van der Waals surface area contributed by atoms with Crippen molar-refractivity contribution in [2.24, 2.45) is 5.73 Å². The minimum atomic E-state index is -0.124. The van der Waals surface area contributed by atoms with Crippen LogP contribution in [0.1, 0.15) is 19.8 Å². The number of nitrogens with two attached hydrogens (primary N) is 1. The van der Waals surface area contributed by atoms with Crippen molar-refractivity contribution in [3.63, 3.8) is 0 Å². The third kappa shape index (κ3) is 2.89. The molecule has 3 N–H and O–H groups in total. The Bertz CT molecular complexity index is 393. The number of carbonyl (C=O) groups is 1. The van der Waals surface area contributed by atoms with Crippen molar-refractivity contribution in [3.8, 4) is 0 Å². The molecule has 4 heteroatoms. The zero-order chi connectivity index (χ0) is 13.0. The standard InChI is InChI=1S/C14H21N3O/c1-11(17-9-5-8-13(17)10-15)14(18)16-12-6-3-2-4-7-12/h2-4,6-7,11,13H,5,8-10,15H2,1H3,(H,16,18). The SMILES string of the molecule is CC(C(=O)Nc1ccccc1)N1CCCC1CN. The summed E-state index contributed by atoms with van der Waals surface area (Å²) in [4.78, 5) is 14.4. The second-order valence-corrected chi connectivity index (χ2v) is 4.80. The fourth-order valence-electron chi connectivity index (χ4n) is 2.54. The molecule has 0 bridgehead atoms. The van der Waals surface area contributed by atoms with E-state index in [0.29, 0.717) is 12.6 Å². The summed E-state index contributed by atoms with van der Waals surface area (Å²) < 4.78 is 0. The predicted octanol–water partition coefficient (Wildman–Crippen LogP) is 1.44. The largest absolute Gasteiger partial charge is 0.329 e. The van der Waals surface area contributed by atoms with E-state index in [1.165, 1.54) is 0 Å². The maximum atomic E-state index is 12.2. The average Bonchev–Trinajstić information content (AvgIpc) is 2.87. The maximum Gasteiger partial charge on any atom is 0.241 e. The Morgan fingerprint density at radius 2 is 2.22 bits per heavy atom. The minimum absolute atomic E-state index is 0.0431. The molecule has 0 saturated carbocycles. The minimum Gasteiger partial charge on any atom is -0.329 e. The van der Waals surface area contributed by atoms with Gasteiger partial charge in [-0.2, -0.15) is 0 Å². The first-order valence-corrected chi connectivity index (χ1v) is 6.54. The van der Waals surface area contributed by atoms with Crippen LogP contribution in [0.3, 0.4) is 0 Å². The molecule has 0 aliphatic carbocycles. The van der Waals surface area contributed by atoms with Crippen LogP contribution < -0.4 is 11.1 Å². The van der Waals surface area contributed by atoms with Crippen molar-refractivity contribution in [2.75, 3.05) is 18.4 Å². The van der Waals surface area contributed by atoms with Gasteiger partial charge in [0.2, 0.25) is 5.91 Å². The van der Waals surface area contributed by atoms with Gasteiger partial charge in [0.1, 0.15) is 0 Å². The van der Waals surface area contributed by atoms with Crippen LogP contribution in [0.5, 0.6) is 0 Å². The van der Waals surface area contributed by atoms with Crippen LogP contribution in [0.2, 0.25) is 0 Å². The van der Waals surface area contributed by atoms with E-state index in [-0.39, 0.29) is 11.9 Å². The molecular formula is C14H21N3O. The average molecular weight is 247 g/mol. The molecule has 0 spiro atoms. The van der Waals surface area contributed by atoms with Crippen LogP contribution in [0.4, 0.5) is 5.69 Å². The number of anilines is 1. The maximum absolute atomic E-state index is 12.2. The molecule has 0 aromatic heterocycles. The van der Waals surface area contributed by atoms with E-state index in [9.17, 15) is 4.79 Å². The highest BCUT2D eigenvalue weighted by Gasteiger charge is 2.30. The zero-order valence-corrected chi connectivity index (χ0v) is 10.8. The molecule has 1 aliphatic rings. The Labute approximate surface area is 108 Å². The predicted molar refractivity (Wildman–Crippen MR) is 73.3 cm³/mol. The third-order valence-corrected chi connectivity index (χ3v) is 3.61. The summed E-state index contributed by atoms with van der Waals surface area (Å²) in [5.41, 5.74) is 6.59. The van der Waals surface area contributed by atoms with E-state index < -0.39 is 0 Å².